The van der Waals surface area contributed by atoms with Gasteiger partial charge in [-0.05, 0) is 56.7 Å². The molecule has 0 atom stereocenters. The minimum Gasteiger partial charge on any atom is -0.494 e. The first kappa shape index (κ1) is 24.8. The Kier molecular flexibility index (Phi) is 7.75. The van der Waals surface area contributed by atoms with Gasteiger partial charge in [-0.1, -0.05) is 31.1 Å². The number of hydrogen-bond donors (Lipinski definition) is 0. The Balaban J connectivity index is 1.60. The summed E-state index contributed by atoms with van der Waals surface area (Å²) in [7, 11) is 0. The normalized spacial score (nSPS) is 11.2. The molecule has 0 saturated carbocycles. The van der Waals surface area contributed by atoms with Crippen LogP contribution in [0, 0.1) is 25.5 Å². The third-order valence-electron chi connectivity index (χ3n) is 5.63. The second-order valence-electron chi connectivity index (χ2n) is 8.42. The van der Waals surface area contributed by atoms with E-state index >= 15 is 0 Å². The van der Waals surface area contributed by atoms with Crippen molar-refractivity contribution >= 4 is 32.6 Å². The Morgan fingerprint density at radius 2 is 1.89 bits per heavy atom. The van der Waals surface area contributed by atoms with Gasteiger partial charge in [0.2, 0.25) is 0 Å². The molecule has 0 N–H and O–H groups in total. The molecule has 0 spiro atoms. The van der Waals surface area contributed by atoms with Gasteiger partial charge in [0.15, 0.2) is 10.9 Å². The Hall–Kier alpha value is -3.33. The highest BCUT2D eigenvalue weighted by Crippen LogP contribution is 2.32. The second-order valence-corrected chi connectivity index (χ2v) is 9.43. The summed E-state index contributed by atoms with van der Waals surface area (Å²) in [5.74, 6) is -1.02. The molecule has 4 aromatic rings. The fraction of sp³-hybridized carbons (Fsp3) is 0.346. The fourth-order valence-corrected chi connectivity index (χ4v) is 4.86. The van der Waals surface area contributed by atoms with E-state index in [1.807, 2.05) is 24.6 Å². The van der Waals surface area contributed by atoms with Gasteiger partial charge in [-0.3, -0.25) is 14.4 Å². The highest BCUT2D eigenvalue weighted by Gasteiger charge is 2.23. The molecule has 2 aromatic carbocycles. The SMILES string of the molecule is CCCCCOc1ccc(C(=O)N(CCn2nc(C)cc2C)c2nc3c(F)cc(F)cc3s2)cc1. The molecule has 0 radical (unpaired) electrons. The molecule has 1 amide bonds. The van der Waals surface area contributed by atoms with E-state index in [1.54, 1.807) is 24.3 Å². The van der Waals surface area contributed by atoms with Crippen LogP contribution in [-0.4, -0.2) is 33.8 Å². The third kappa shape index (κ3) is 5.85. The van der Waals surface area contributed by atoms with Crippen molar-refractivity contribution in [2.75, 3.05) is 18.1 Å². The number of aryl methyl sites for hydroxylation is 2. The van der Waals surface area contributed by atoms with Crippen molar-refractivity contribution in [1.82, 2.24) is 14.8 Å². The number of ether oxygens (including phenoxy) is 1. The predicted octanol–water partition coefficient (Wildman–Crippen LogP) is 6.30. The second kappa shape index (κ2) is 10.9. The molecule has 4 rings (SSSR count). The van der Waals surface area contributed by atoms with Crippen molar-refractivity contribution in [3.8, 4) is 5.75 Å². The summed E-state index contributed by atoms with van der Waals surface area (Å²) in [5.41, 5.74) is 2.35. The van der Waals surface area contributed by atoms with Gasteiger partial charge >= 0.3 is 0 Å². The van der Waals surface area contributed by atoms with Crippen LogP contribution < -0.4 is 9.64 Å². The lowest BCUT2D eigenvalue weighted by atomic mass is 10.2. The van der Waals surface area contributed by atoms with Crippen molar-refractivity contribution in [3.63, 3.8) is 0 Å². The van der Waals surface area contributed by atoms with E-state index in [0.717, 1.165) is 48.1 Å². The number of rotatable bonds is 10. The molecule has 0 fully saturated rings. The van der Waals surface area contributed by atoms with E-state index in [4.69, 9.17) is 4.74 Å². The largest absolute Gasteiger partial charge is 0.494 e. The number of benzene rings is 2. The number of fused-ring (bicyclic) bond motifs is 1. The zero-order valence-corrected chi connectivity index (χ0v) is 20.9. The monoisotopic (exact) mass is 498 g/mol. The summed E-state index contributed by atoms with van der Waals surface area (Å²) < 4.78 is 36.0. The number of thiazole rings is 1. The molecule has 0 aliphatic rings. The van der Waals surface area contributed by atoms with E-state index < -0.39 is 11.6 Å². The lowest BCUT2D eigenvalue weighted by Crippen LogP contribution is -2.34. The molecule has 0 aliphatic carbocycles. The van der Waals surface area contributed by atoms with Gasteiger partial charge in [0.05, 0.1) is 23.5 Å². The fourth-order valence-electron chi connectivity index (χ4n) is 3.83. The van der Waals surface area contributed by atoms with Gasteiger partial charge in [-0.2, -0.15) is 5.10 Å². The maximum absolute atomic E-state index is 14.3. The number of amides is 1. The van der Waals surface area contributed by atoms with Crippen molar-refractivity contribution in [3.05, 3.63) is 71.1 Å². The number of halogens is 2. The van der Waals surface area contributed by atoms with Crippen LogP contribution >= 0.6 is 11.3 Å². The van der Waals surface area contributed by atoms with Gasteiger partial charge in [0, 0.05) is 23.9 Å². The quantitative estimate of drug-likeness (QED) is 0.241. The van der Waals surface area contributed by atoms with Crippen LogP contribution in [0.2, 0.25) is 0 Å². The molecule has 0 unspecified atom stereocenters. The van der Waals surface area contributed by atoms with Crippen LogP contribution in [0.15, 0.2) is 42.5 Å². The first-order valence-electron chi connectivity index (χ1n) is 11.7. The molecule has 6 nitrogen and oxygen atoms in total. The number of anilines is 1. The van der Waals surface area contributed by atoms with Crippen LogP contribution in [0.4, 0.5) is 13.9 Å². The Bertz CT molecular complexity index is 1320. The highest BCUT2D eigenvalue weighted by atomic mass is 32.1. The lowest BCUT2D eigenvalue weighted by molar-refractivity contribution is 0.0985. The standard InChI is InChI=1S/C26H28F2N4O2S/c1-4-5-6-13-34-21-9-7-19(8-10-21)25(33)31(11-12-32-18(3)14-17(2)30-32)26-29-24-22(28)15-20(27)16-23(24)35-26/h7-10,14-16H,4-6,11-13H2,1-3H3. The average molecular weight is 499 g/mol. The molecular weight excluding hydrogens is 470 g/mol. The summed E-state index contributed by atoms with van der Waals surface area (Å²) >= 11 is 1.08. The first-order valence-corrected chi connectivity index (χ1v) is 12.5. The molecule has 9 heteroatoms. The highest BCUT2D eigenvalue weighted by molar-refractivity contribution is 7.22. The maximum atomic E-state index is 14.3. The van der Waals surface area contributed by atoms with Crippen LogP contribution in [0.1, 0.15) is 47.9 Å². The molecular formula is C26H28F2N4O2S. The number of hydrogen-bond acceptors (Lipinski definition) is 5. The number of aromatic nitrogens is 3. The van der Waals surface area contributed by atoms with Crippen LogP contribution in [-0.2, 0) is 6.54 Å². The van der Waals surface area contributed by atoms with E-state index in [1.165, 1.54) is 11.0 Å². The number of nitrogens with zero attached hydrogens (tertiary/aromatic N) is 4. The van der Waals surface area contributed by atoms with Crippen molar-refractivity contribution < 1.29 is 18.3 Å². The van der Waals surface area contributed by atoms with Gasteiger partial charge in [-0.25, -0.2) is 13.8 Å². The maximum Gasteiger partial charge on any atom is 0.260 e. The minimum atomic E-state index is -0.752. The summed E-state index contributed by atoms with van der Waals surface area (Å²) in [6, 6.07) is 10.9. The smallest absolute Gasteiger partial charge is 0.260 e. The number of carbonyl (C=O) groups is 1. The number of unbranched alkanes of at least 4 members (excludes halogenated alkanes) is 2. The van der Waals surface area contributed by atoms with E-state index in [2.05, 4.69) is 17.0 Å². The summed E-state index contributed by atoms with van der Waals surface area (Å²) in [4.78, 5) is 19.4. The summed E-state index contributed by atoms with van der Waals surface area (Å²) in [5, 5.41) is 4.77. The van der Waals surface area contributed by atoms with Crippen molar-refractivity contribution in [2.45, 2.75) is 46.6 Å². The van der Waals surface area contributed by atoms with Gasteiger partial charge in [0.1, 0.15) is 17.1 Å². The average Bonchev–Trinajstić information content (AvgIpc) is 3.39. The van der Waals surface area contributed by atoms with Crippen LogP contribution in [0.3, 0.4) is 0 Å². The van der Waals surface area contributed by atoms with E-state index in [0.29, 0.717) is 34.3 Å². The molecule has 2 heterocycles. The Labute approximate surface area is 207 Å². The zero-order chi connectivity index (χ0) is 24.9. The van der Waals surface area contributed by atoms with Gasteiger partial charge < -0.3 is 4.74 Å². The molecule has 184 valence electrons. The molecule has 35 heavy (non-hydrogen) atoms. The van der Waals surface area contributed by atoms with E-state index in [-0.39, 0.29) is 18.0 Å². The Morgan fingerprint density at radius 3 is 2.57 bits per heavy atom. The van der Waals surface area contributed by atoms with Crippen molar-refractivity contribution in [1.29, 1.82) is 0 Å². The topological polar surface area (TPSA) is 60.2 Å². The molecule has 0 bridgehead atoms. The molecule has 2 aromatic heterocycles. The van der Waals surface area contributed by atoms with Gasteiger partial charge in [0.25, 0.3) is 5.91 Å². The lowest BCUT2D eigenvalue weighted by Gasteiger charge is -2.20. The van der Waals surface area contributed by atoms with E-state index in [9.17, 15) is 13.6 Å². The van der Waals surface area contributed by atoms with Crippen molar-refractivity contribution in [2.24, 2.45) is 0 Å². The third-order valence-corrected chi connectivity index (χ3v) is 6.66. The summed E-state index contributed by atoms with van der Waals surface area (Å²) in [6.07, 6.45) is 3.20. The summed E-state index contributed by atoms with van der Waals surface area (Å²) in [6.45, 7) is 7.31. The zero-order valence-electron chi connectivity index (χ0n) is 20.1. The molecule has 0 aliphatic heterocycles. The first-order chi connectivity index (χ1) is 16.9. The molecule has 0 saturated heterocycles. The Morgan fingerprint density at radius 1 is 1.11 bits per heavy atom. The van der Waals surface area contributed by atoms with Crippen LogP contribution in [0.25, 0.3) is 10.2 Å². The minimum absolute atomic E-state index is 0.0474. The number of carbonyl (C=O) groups excluding carboxylic acids is 1. The van der Waals surface area contributed by atoms with Crippen LogP contribution in [0.5, 0.6) is 5.75 Å². The predicted molar refractivity (Wildman–Crippen MR) is 134 cm³/mol. The van der Waals surface area contributed by atoms with Gasteiger partial charge in [-0.15, -0.1) is 0 Å².